The first-order chi connectivity index (χ1) is 12.7. The number of carbonyl (C=O) groups is 1. The van der Waals surface area contributed by atoms with Crippen molar-refractivity contribution in [1.29, 1.82) is 0 Å². The molecule has 0 bridgehead atoms. The summed E-state index contributed by atoms with van der Waals surface area (Å²) in [5, 5.41) is 5.74. The molecule has 0 fully saturated rings. The lowest BCUT2D eigenvalue weighted by Crippen LogP contribution is -2.44. The Morgan fingerprint density at radius 3 is 2.48 bits per heavy atom. The number of hydrogen-bond donors (Lipinski definition) is 2. The Labute approximate surface area is 163 Å². The van der Waals surface area contributed by atoms with Gasteiger partial charge in [0.2, 0.25) is 0 Å². The van der Waals surface area contributed by atoms with E-state index in [0.717, 1.165) is 12.2 Å². The van der Waals surface area contributed by atoms with Crippen molar-refractivity contribution in [3.05, 3.63) is 49.7 Å². The number of rotatable bonds is 12. The zero-order chi connectivity index (χ0) is 20.9. The van der Waals surface area contributed by atoms with Gasteiger partial charge in [-0.05, 0) is 39.5 Å². The molecule has 152 valence electrons. The van der Waals surface area contributed by atoms with Crippen LogP contribution in [-0.2, 0) is 9.47 Å². The van der Waals surface area contributed by atoms with Crippen molar-refractivity contribution in [1.82, 2.24) is 15.5 Å². The molecule has 0 rings (SSSR count). The van der Waals surface area contributed by atoms with Gasteiger partial charge >= 0.3 is 6.09 Å². The second kappa shape index (κ2) is 12.6. The lowest BCUT2D eigenvalue weighted by molar-refractivity contribution is 0.0510. The summed E-state index contributed by atoms with van der Waals surface area (Å²) in [6.45, 7) is 19.8. The number of aliphatic imine (C=N–C) groups is 1. The van der Waals surface area contributed by atoms with Crippen LogP contribution in [-0.4, -0.2) is 49.2 Å². The molecule has 0 aromatic carbocycles. The average Bonchev–Trinajstić information content (AvgIpc) is 2.59. The van der Waals surface area contributed by atoms with E-state index in [2.05, 4.69) is 35.4 Å². The molecule has 7 heteroatoms. The molecule has 1 atom stereocenters. The Hall–Kier alpha value is -2.70. The molecule has 0 radical (unpaired) electrons. The molecule has 2 N–H and O–H groups in total. The van der Waals surface area contributed by atoms with Crippen molar-refractivity contribution in [3.8, 4) is 0 Å². The zero-order valence-electron chi connectivity index (χ0n) is 17.2. The molecule has 0 saturated heterocycles. The lowest BCUT2D eigenvalue weighted by Gasteiger charge is -2.27. The highest BCUT2D eigenvalue weighted by atomic mass is 16.6. The molecule has 0 aliphatic carbocycles. The largest absolute Gasteiger partial charge is 0.499 e. The first kappa shape index (κ1) is 24.3. The maximum Gasteiger partial charge on any atom is 0.408 e. The lowest BCUT2D eigenvalue weighted by atomic mass is 10.2. The summed E-state index contributed by atoms with van der Waals surface area (Å²) in [7, 11) is 1.62. The predicted molar refractivity (Wildman–Crippen MR) is 111 cm³/mol. The molecular weight excluding hydrogens is 344 g/mol. The van der Waals surface area contributed by atoms with Crippen molar-refractivity contribution in [2.75, 3.05) is 20.2 Å². The third-order valence-electron chi connectivity index (χ3n) is 3.21. The van der Waals surface area contributed by atoms with Crippen LogP contribution in [0.4, 0.5) is 4.79 Å². The van der Waals surface area contributed by atoms with Crippen LogP contribution in [0, 0.1) is 0 Å². The molecule has 27 heavy (non-hydrogen) atoms. The Morgan fingerprint density at radius 2 is 2.00 bits per heavy atom. The van der Waals surface area contributed by atoms with Gasteiger partial charge in [0.05, 0.1) is 26.0 Å². The zero-order valence-corrected chi connectivity index (χ0v) is 17.2. The first-order valence-electron chi connectivity index (χ1n) is 8.84. The number of alkyl carbamates (subject to hydrolysis) is 1. The number of allylic oxidation sites excluding steroid dienone is 1. The minimum atomic E-state index is -0.567. The summed E-state index contributed by atoms with van der Waals surface area (Å²) in [5.74, 6) is 1.36. The van der Waals surface area contributed by atoms with Gasteiger partial charge in [0, 0.05) is 6.54 Å². The summed E-state index contributed by atoms with van der Waals surface area (Å²) in [4.78, 5) is 17.9. The van der Waals surface area contributed by atoms with Crippen LogP contribution in [0.25, 0.3) is 0 Å². The molecule has 1 amide bonds. The number of hydrogen-bond acceptors (Lipinski definition) is 5. The molecule has 0 aliphatic heterocycles. The number of methoxy groups -OCH3 is 1. The number of carbonyl (C=O) groups excluding carboxylic acids is 1. The van der Waals surface area contributed by atoms with Crippen LogP contribution in [0.3, 0.4) is 0 Å². The fourth-order valence-corrected chi connectivity index (χ4v) is 1.92. The number of nitrogens with zero attached hydrogens (tertiary/aromatic N) is 2. The maximum absolute atomic E-state index is 11.9. The summed E-state index contributed by atoms with van der Waals surface area (Å²) < 4.78 is 10.5. The molecular formula is C20H34N4O3. The van der Waals surface area contributed by atoms with Crippen molar-refractivity contribution in [2.45, 2.75) is 45.8 Å². The van der Waals surface area contributed by atoms with Crippen LogP contribution in [0.15, 0.2) is 54.7 Å². The Kier molecular flexibility index (Phi) is 11.4. The third kappa shape index (κ3) is 11.5. The Balaban J connectivity index is 4.64. The van der Waals surface area contributed by atoms with Gasteiger partial charge in [0.1, 0.15) is 17.2 Å². The van der Waals surface area contributed by atoms with Crippen LogP contribution in [0.1, 0.15) is 34.1 Å². The van der Waals surface area contributed by atoms with Gasteiger partial charge in [-0.25, -0.2) is 4.79 Å². The second-order valence-electron chi connectivity index (χ2n) is 6.67. The van der Waals surface area contributed by atoms with Crippen molar-refractivity contribution < 1.29 is 14.3 Å². The highest BCUT2D eigenvalue weighted by Gasteiger charge is 2.19. The average molecular weight is 379 g/mol. The molecule has 0 aliphatic rings. The highest BCUT2D eigenvalue weighted by molar-refractivity contribution is 5.68. The molecule has 0 saturated carbocycles. The van der Waals surface area contributed by atoms with Crippen molar-refractivity contribution in [2.24, 2.45) is 4.99 Å². The Morgan fingerprint density at radius 1 is 1.33 bits per heavy atom. The SMILES string of the molecule is C=CC(CN(C=C)C(=C)NC=NC/C(=C/CC)OC)NC(=O)OC(C)(C)C. The summed E-state index contributed by atoms with van der Waals surface area (Å²) in [6.07, 6.45) is 7.13. The molecule has 1 unspecified atom stereocenters. The molecule has 0 spiro atoms. The van der Waals surface area contributed by atoms with Crippen LogP contribution >= 0.6 is 0 Å². The normalized spacial score (nSPS) is 12.9. The van der Waals surface area contributed by atoms with E-state index in [9.17, 15) is 4.79 Å². The number of ether oxygens (including phenoxy) is 2. The summed E-state index contributed by atoms with van der Waals surface area (Å²) in [5.41, 5.74) is -0.567. The van der Waals surface area contributed by atoms with Crippen molar-refractivity contribution in [3.63, 3.8) is 0 Å². The van der Waals surface area contributed by atoms with Gasteiger partial charge in [0.25, 0.3) is 0 Å². The standard InChI is InChI=1S/C20H34N4O3/c1-9-12-18(26-8)13-21-15-22-16(4)24(11-3)14-17(10-2)23-19(25)27-20(5,6)7/h10-12,15,17H,2-4,9,13-14H2,1,5-8H3,(H,21,22)(H,23,25)/b18-12-. The van der Waals surface area contributed by atoms with Gasteiger partial charge in [-0.3, -0.25) is 4.99 Å². The first-order valence-corrected chi connectivity index (χ1v) is 8.84. The number of amides is 1. The van der Waals surface area contributed by atoms with Crippen LogP contribution in [0.2, 0.25) is 0 Å². The van der Waals surface area contributed by atoms with Crippen LogP contribution < -0.4 is 10.6 Å². The minimum absolute atomic E-state index is 0.346. The second-order valence-corrected chi connectivity index (χ2v) is 6.67. The van der Waals surface area contributed by atoms with E-state index in [0.29, 0.717) is 18.9 Å². The van der Waals surface area contributed by atoms with Gasteiger partial charge in [0.15, 0.2) is 0 Å². The predicted octanol–water partition coefficient (Wildman–Crippen LogP) is 3.54. The van der Waals surface area contributed by atoms with Crippen molar-refractivity contribution >= 4 is 12.4 Å². The third-order valence-corrected chi connectivity index (χ3v) is 3.21. The van der Waals surface area contributed by atoms with E-state index in [1.807, 2.05) is 13.0 Å². The molecule has 7 nitrogen and oxygen atoms in total. The van der Waals surface area contributed by atoms with E-state index in [4.69, 9.17) is 9.47 Å². The van der Waals surface area contributed by atoms with E-state index >= 15 is 0 Å². The quantitative estimate of drug-likeness (QED) is 0.235. The minimum Gasteiger partial charge on any atom is -0.499 e. The monoisotopic (exact) mass is 378 g/mol. The fraction of sp³-hybridized carbons (Fsp3) is 0.500. The van der Waals surface area contributed by atoms with Gasteiger partial charge in [-0.15, -0.1) is 6.58 Å². The van der Waals surface area contributed by atoms with E-state index < -0.39 is 11.7 Å². The van der Waals surface area contributed by atoms with Gasteiger partial charge in [-0.1, -0.05) is 26.2 Å². The topological polar surface area (TPSA) is 75.2 Å². The summed E-state index contributed by atoms with van der Waals surface area (Å²) >= 11 is 0. The highest BCUT2D eigenvalue weighted by Crippen LogP contribution is 2.08. The van der Waals surface area contributed by atoms with Gasteiger partial charge in [-0.2, -0.15) is 0 Å². The van der Waals surface area contributed by atoms with Crippen LogP contribution in [0.5, 0.6) is 0 Å². The van der Waals surface area contributed by atoms with E-state index in [1.165, 1.54) is 0 Å². The van der Waals surface area contributed by atoms with E-state index in [-0.39, 0.29) is 6.04 Å². The number of nitrogens with one attached hydrogen (secondary N) is 2. The van der Waals surface area contributed by atoms with E-state index in [1.54, 1.807) is 51.4 Å². The molecule has 0 heterocycles. The fourth-order valence-electron chi connectivity index (χ4n) is 1.92. The summed E-state index contributed by atoms with van der Waals surface area (Å²) in [6, 6.07) is -0.346. The molecule has 0 aromatic rings. The maximum atomic E-state index is 11.9. The Bertz CT molecular complexity index is 562. The smallest absolute Gasteiger partial charge is 0.408 e. The molecule has 0 aromatic heterocycles. The van der Waals surface area contributed by atoms with Gasteiger partial charge < -0.3 is 25.0 Å².